The molecular formula is C18H19BrN2O2S. The molecule has 0 bridgehead atoms. The van der Waals surface area contributed by atoms with Crippen LogP contribution in [-0.2, 0) is 0 Å². The van der Waals surface area contributed by atoms with Crippen LogP contribution in [0.1, 0.15) is 27.0 Å². The van der Waals surface area contributed by atoms with Crippen LogP contribution in [0.3, 0.4) is 0 Å². The molecule has 2 aromatic rings. The van der Waals surface area contributed by atoms with E-state index in [9.17, 15) is 4.79 Å². The highest BCUT2D eigenvalue weighted by atomic mass is 79.9. The molecule has 0 radical (unpaired) electrons. The zero-order chi connectivity index (χ0) is 17.9. The van der Waals surface area contributed by atoms with Gasteiger partial charge in [0.25, 0.3) is 5.91 Å². The molecule has 1 amide bonds. The predicted octanol–water partition coefficient (Wildman–Crippen LogP) is 4.51. The lowest BCUT2D eigenvalue weighted by atomic mass is 10.1. The fourth-order valence-electron chi connectivity index (χ4n) is 2.38. The molecule has 0 saturated heterocycles. The number of carbonyl (C=O) groups excluding carboxylic acids is 1. The van der Waals surface area contributed by atoms with Crippen LogP contribution in [0.2, 0.25) is 0 Å². The lowest BCUT2D eigenvalue weighted by Gasteiger charge is -2.15. The molecule has 6 heteroatoms. The van der Waals surface area contributed by atoms with E-state index in [2.05, 4.69) is 26.6 Å². The van der Waals surface area contributed by atoms with E-state index in [-0.39, 0.29) is 11.0 Å². The van der Waals surface area contributed by atoms with Gasteiger partial charge in [-0.1, -0.05) is 28.1 Å². The summed E-state index contributed by atoms with van der Waals surface area (Å²) in [6.07, 6.45) is 0. The minimum absolute atomic E-state index is 0.244. The lowest BCUT2D eigenvalue weighted by molar-refractivity contribution is 0.0974. The van der Waals surface area contributed by atoms with Gasteiger partial charge in [0, 0.05) is 10.2 Å². The molecule has 2 aromatic carbocycles. The summed E-state index contributed by atoms with van der Waals surface area (Å²) in [7, 11) is 1.54. The van der Waals surface area contributed by atoms with Crippen LogP contribution in [-0.4, -0.2) is 18.1 Å². The Morgan fingerprint density at radius 3 is 2.54 bits per heavy atom. The van der Waals surface area contributed by atoms with E-state index in [1.165, 1.54) is 0 Å². The van der Waals surface area contributed by atoms with Crippen LogP contribution in [0, 0.1) is 20.8 Å². The molecule has 0 aliphatic carbocycles. The minimum Gasteiger partial charge on any atom is -0.496 e. The van der Waals surface area contributed by atoms with Gasteiger partial charge in [0.2, 0.25) is 0 Å². The van der Waals surface area contributed by atoms with Gasteiger partial charge in [0.05, 0.1) is 12.7 Å². The van der Waals surface area contributed by atoms with Crippen LogP contribution in [0.4, 0.5) is 5.69 Å². The molecule has 0 heterocycles. The monoisotopic (exact) mass is 406 g/mol. The summed E-state index contributed by atoms with van der Waals surface area (Å²) < 4.78 is 6.15. The second kappa shape index (κ2) is 7.77. The van der Waals surface area contributed by atoms with Crippen molar-refractivity contribution in [3.05, 3.63) is 57.1 Å². The number of aryl methyl sites for hydroxylation is 2. The molecule has 24 heavy (non-hydrogen) atoms. The maximum absolute atomic E-state index is 12.5. The van der Waals surface area contributed by atoms with Crippen molar-refractivity contribution >= 4 is 44.9 Å². The molecule has 0 atom stereocenters. The molecule has 0 aliphatic heterocycles. The average Bonchev–Trinajstić information content (AvgIpc) is 2.51. The Morgan fingerprint density at radius 2 is 1.88 bits per heavy atom. The number of thiocarbonyl (C=S) groups is 1. The summed E-state index contributed by atoms with van der Waals surface area (Å²) in [6.45, 7) is 5.91. The van der Waals surface area contributed by atoms with Crippen molar-refractivity contribution < 1.29 is 9.53 Å². The van der Waals surface area contributed by atoms with Gasteiger partial charge in [-0.15, -0.1) is 0 Å². The number of carbonyl (C=O) groups is 1. The third kappa shape index (κ3) is 4.13. The molecule has 0 aliphatic rings. The van der Waals surface area contributed by atoms with E-state index in [0.29, 0.717) is 11.3 Å². The van der Waals surface area contributed by atoms with Gasteiger partial charge >= 0.3 is 0 Å². The molecule has 0 aromatic heterocycles. The van der Waals surface area contributed by atoms with Crippen molar-refractivity contribution in [2.45, 2.75) is 20.8 Å². The SMILES string of the molecule is COc1c(C)cc(Br)cc1C(=O)NC(=S)Nc1cccc(C)c1C. The number of halogens is 1. The summed E-state index contributed by atoms with van der Waals surface area (Å²) in [5, 5.41) is 6.01. The van der Waals surface area contributed by atoms with Gasteiger partial charge in [-0.25, -0.2) is 0 Å². The highest BCUT2D eigenvalue weighted by Gasteiger charge is 2.17. The normalized spacial score (nSPS) is 10.2. The molecule has 0 spiro atoms. The number of hydrogen-bond donors (Lipinski definition) is 2. The molecule has 0 fully saturated rings. The first-order valence-electron chi connectivity index (χ1n) is 7.36. The zero-order valence-corrected chi connectivity index (χ0v) is 16.4. The Morgan fingerprint density at radius 1 is 1.17 bits per heavy atom. The molecule has 0 unspecified atom stereocenters. The van der Waals surface area contributed by atoms with Crippen molar-refractivity contribution in [2.24, 2.45) is 0 Å². The number of rotatable bonds is 3. The predicted molar refractivity (Wildman–Crippen MR) is 105 cm³/mol. The highest BCUT2D eigenvalue weighted by molar-refractivity contribution is 9.10. The van der Waals surface area contributed by atoms with Crippen LogP contribution < -0.4 is 15.4 Å². The number of nitrogens with one attached hydrogen (secondary N) is 2. The number of benzene rings is 2. The van der Waals surface area contributed by atoms with Gasteiger partial charge in [-0.3, -0.25) is 10.1 Å². The van der Waals surface area contributed by atoms with E-state index in [4.69, 9.17) is 17.0 Å². The Balaban J connectivity index is 2.18. The van der Waals surface area contributed by atoms with E-state index in [1.807, 2.05) is 45.0 Å². The van der Waals surface area contributed by atoms with Gasteiger partial charge in [0.15, 0.2) is 5.11 Å². The molecule has 2 rings (SSSR count). The number of methoxy groups -OCH3 is 1. The fraction of sp³-hybridized carbons (Fsp3) is 0.222. The minimum atomic E-state index is -0.320. The van der Waals surface area contributed by atoms with E-state index in [0.717, 1.165) is 26.9 Å². The van der Waals surface area contributed by atoms with Crippen molar-refractivity contribution in [2.75, 3.05) is 12.4 Å². The number of ether oxygens (including phenoxy) is 1. The van der Waals surface area contributed by atoms with Gasteiger partial charge < -0.3 is 10.1 Å². The molecule has 126 valence electrons. The largest absolute Gasteiger partial charge is 0.496 e. The fourth-order valence-corrected chi connectivity index (χ4v) is 3.15. The number of hydrogen-bond acceptors (Lipinski definition) is 3. The Hall–Kier alpha value is -1.92. The van der Waals surface area contributed by atoms with Crippen LogP contribution in [0.5, 0.6) is 5.75 Å². The molecule has 2 N–H and O–H groups in total. The third-order valence-electron chi connectivity index (χ3n) is 3.77. The topological polar surface area (TPSA) is 50.4 Å². The highest BCUT2D eigenvalue weighted by Crippen LogP contribution is 2.27. The second-order valence-corrected chi connectivity index (χ2v) is 6.78. The van der Waals surface area contributed by atoms with Crippen LogP contribution in [0.25, 0.3) is 0 Å². The van der Waals surface area contributed by atoms with Crippen LogP contribution >= 0.6 is 28.1 Å². The van der Waals surface area contributed by atoms with Gasteiger partial charge in [-0.05, 0) is 67.9 Å². The van der Waals surface area contributed by atoms with Crippen molar-refractivity contribution in [1.29, 1.82) is 0 Å². The second-order valence-electron chi connectivity index (χ2n) is 5.46. The molecule has 4 nitrogen and oxygen atoms in total. The summed E-state index contributed by atoms with van der Waals surface area (Å²) in [4.78, 5) is 12.5. The standard InChI is InChI=1S/C18H19BrN2O2S/c1-10-6-5-7-15(12(10)3)20-18(24)21-17(22)14-9-13(19)8-11(2)16(14)23-4/h5-9H,1-4H3,(H2,20,21,22,24). The van der Waals surface area contributed by atoms with Crippen molar-refractivity contribution in [1.82, 2.24) is 5.32 Å². The maximum Gasteiger partial charge on any atom is 0.261 e. The van der Waals surface area contributed by atoms with E-state index >= 15 is 0 Å². The zero-order valence-electron chi connectivity index (χ0n) is 14.0. The summed E-state index contributed by atoms with van der Waals surface area (Å²) >= 11 is 8.66. The first-order chi connectivity index (χ1) is 11.3. The first kappa shape index (κ1) is 18.4. The number of anilines is 1. The quantitative estimate of drug-likeness (QED) is 0.736. The first-order valence-corrected chi connectivity index (χ1v) is 8.56. The summed E-state index contributed by atoms with van der Waals surface area (Å²) in [6, 6.07) is 9.49. The molecule has 0 saturated carbocycles. The Bertz CT molecular complexity index is 806. The summed E-state index contributed by atoms with van der Waals surface area (Å²) in [5.74, 6) is 0.212. The maximum atomic E-state index is 12.5. The Labute approximate surface area is 155 Å². The van der Waals surface area contributed by atoms with E-state index < -0.39 is 0 Å². The summed E-state index contributed by atoms with van der Waals surface area (Å²) in [5.41, 5.74) is 4.40. The smallest absolute Gasteiger partial charge is 0.261 e. The van der Waals surface area contributed by atoms with Crippen LogP contribution in [0.15, 0.2) is 34.8 Å². The van der Waals surface area contributed by atoms with Gasteiger partial charge in [0.1, 0.15) is 5.75 Å². The third-order valence-corrected chi connectivity index (χ3v) is 4.43. The van der Waals surface area contributed by atoms with Gasteiger partial charge in [-0.2, -0.15) is 0 Å². The average molecular weight is 407 g/mol. The van der Waals surface area contributed by atoms with Crippen molar-refractivity contribution in [3.63, 3.8) is 0 Å². The molecular weight excluding hydrogens is 388 g/mol. The number of amides is 1. The van der Waals surface area contributed by atoms with Crippen molar-refractivity contribution in [3.8, 4) is 5.75 Å². The Kier molecular flexibility index (Phi) is 5.96. The van der Waals surface area contributed by atoms with E-state index in [1.54, 1.807) is 13.2 Å². The lowest BCUT2D eigenvalue weighted by Crippen LogP contribution is -2.34.